The average Bonchev–Trinajstić information content (AvgIpc) is 2.83. The molecule has 0 spiro atoms. The third kappa shape index (κ3) is 3.59. The lowest BCUT2D eigenvalue weighted by Gasteiger charge is -2.30. The predicted octanol–water partition coefficient (Wildman–Crippen LogP) is 2.24. The topological polar surface area (TPSA) is 40.5 Å². The number of aliphatic hydroxyl groups is 1. The molecule has 0 aliphatic carbocycles. The highest BCUT2D eigenvalue weighted by Crippen LogP contribution is 2.23. The van der Waals surface area contributed by atoms with Gasteiger partial charge in [-0.25, -0.2) is 0 Å². The van der Waals surface area contributed by atoms with Crippen molar-refractivity contribution in [3.05, 3.63) is 21.9 Å². The van der Waals surface area contributed by atoms with E-state index in [1.165, 1.54) is 0 Å². The summed E-state index contributed by atoms with van der Waals surface area (Å²) in [6, 6.07) is 1.99. The first-order valence-corrected chi connectivity index (χ1v) is 7.55. The molecule has 1 saturated heterocycles. The molecule has 2 heterocycles. The van der Waals surface area contributed by atoms with Gasteiger partial charge in [-0.1, -0.05) is 18.8 Å². The van der Waals surface area contributed by atoms with Crippen LogP contribution in [0.4, 0.5) is 0 Å². The number of aliphatic hydroxyl groups excluding tert-OH is 1. The number of rotatable bonds is 3. The second kappa shape index (κ2) is 6.74. The molecule has 1 fully saturated rings. The molecule has 102 valence electrons. The number of thiophene rings is 1. The van der Waals surface area contributed by atoms with Gasteiger partial charge >= 0.3 is 0 Å². The van der Waals surface area contributed by atoms with Crippen LogP contribution in [0.5, 0.6) is 0 Å². The summed E-state index contributed by atoms with van der Waals surface area (Å²) >= 11 is 1.65. The van der Waals surface area contributed by atoms with Crippen LogP contribution in [0, 0.1) is 17.8 Å². The van der Waals surface area contributed by atoms with Gasteiger partial charge in [-0.05, 0) is 24.3 Å². The summed E-state index contributed by atoms with van der Waals surface area (Å²) in [6.45, 7) is 3.62. The second-order valence-electron chi connectivity index (χ2n) is 4.84. The minimum Gasteiger partial charge on any atom is -0.395 e. The van der Waals surface area contributed by atoms with Crippen molar-refractivity contribution >= 4 is 17.2 Å². The summed E-state index contributed by atoms with van der Waals surface area (Å²) in [5, 5.41) is 10.7. The Morgan fingerprint density at radius 2 is 2.42 bits per heavy atom. The van der Waals surface area contributed by atoms with Gasteiger partial charge in [-0.15, -0.1) is 11.3 Å². The first kappa shape index (κ1) is 14.1. The zero-order chi connectivity index (χ0) is 13.7. The van der Waals surface area contributed by atoms with Crippen LogP contribution >= 0.6 is 11.3 Å². The first-order chi connectivity index (χ1) is 9.22. The quantitative estimate of drug-likeness (QED) is 0.861. The Kier molecular flexibility index (Phi) is 5.00. The highest BCUT2D eigenvalue weighted by atomic mass is 32.1. The highest BCUT2D eigenvalue weighted by Gasteiger charge is 2.25. The van der Waals surface area contributed by atoms with Gasteiger partial charge in [0.25, 0.3) is 0 Å². The summed E-state index contributed by atoms with van der Waals surface area (Å²) in [5.74, 6) is 6.42. The average molecular weight is 277 g/mol. The zero-order valence-corrected chi connectivity index (χ0v) is 12.0. The van der Waals surface area contributed by atoms with Crippen LogP contribution in [0.15, 0.2) is 11.4 Å². The molecule has 4 heteroatoms. The molecule has 1 aliphatic rings. The third-order valence-corrected chi connectivity index (χ3v) is 4.24. The van der Waals surface area contributed by atoms with Gasteiger partial charge < -0.3 is 10.0 Å². The van der Waals surface area contributed by atoms with E-state index >= 15 is 0 Å². The van der Waals surface area contributed by atoms with E-state index in [4.69, 9.17) is 5.11 Å². The molecule has 0 aromatic carbocycles. The van der Waals surface area contributed by atoms with E-state index in [0.717, 1.165) is 29.8 Å². The molecule has 3 nitrogen and oxygen atoms in total. The second-order valence-corrected chi connectivity index (χ2v) is 5.84. The van der Waals surface area contributed by atoms with Crippen molar-refractivity contribution in [1.82, 2.24) is 4.90 Å². The number of carbonyl (C=O) groups is 1. The summed E-state index contributed by atoms with van der Waals surface area (Å²) in [6.07, 6.45) is 2.59. The molecule has 1 amide bonds. The van der Waals surface area contributed by atoms with Crippen molar-refractivity contribution in [3.63, 3.8) is 0 Å². The van der Waals surface area contributed by atoms with E-state index in [1.54, 1.807) is 11.3 Å². The summed E-state index contributed by atoms with van der Waals surface area (Å²) in [7, 11) is 0. The van der Waals surface area contributed by atoms with Crippen molar-refractivity contribution < 1.29 is 9.90 Å². The molecule has 1 aromatic heterocycles. The maximum atomic E-state index is 12.1. The fraction of sp³-hybridized carbons (Fsp3) is 0.533. The molecule has 2 rings (SSSR count). The third-order valence-electron chi connectivity index (χ3n) is 3.34. The molecular weight excluding hydrogens is 258 g/mol. The van der Waals surface area contributed by atoms with Crippen LogP contribution in [-0.2, 0) is 11.3 Å². The number of nitrogens with zero attached hydrogens (tertiary/aromatic N) is 1. The molecule has 1 aromatic rings. The van der Waals surface area contributed by atoms with Gasteiger partial charge in [-0.2, -0.15) is 0 Å². The van der Waals surface area contributed by atoms with Crippen LogP contribution < -0.4 is 0 Å². The Balaban J connectivity index is 2.05. The predicted molar refractivity (Wildman–Crippen MR) is 76.7 cm³/mol. The van der Waals surface area contributed by atoms with Gasteiger partial charge in [0.05, 0.1) is 13.2 Å². The molecule has 1 unspecified atom stereocenters. The maximum Gasteiger partial charge on any atom is 0.225 e. The van der Waals surface area contributed by atoms with E-state index in [0.29, 0.717) is 13.0 Å². The first-order valence-electron chi connectivity index (χ1n) is 6.67. The lowest BCUT2D eigenvalue weighted by Crippen LogP contribution is -2.39. The largest absolute Gasteiger partial charge is 0.395 e. The van der Waals surface area contributed by atoms with Crippen LogP contribution in [0.2, 0.25) is 0 Å². The maximum absolute atomic E-state index is 12.1. The van der Waals surface area contributed by atoms with Gasteiger partial charge in [0.15, 0.2) is 0 Å². The van der Waals surface area contributed by atoms with E-state index in [-0.39, 0.29) is 18.4 Å². The van der Waals surface area contributed by atoms with Crippen molar-refractivity contribution in [2.45, 2.75) is 32.7 Å². The van der Waals surface area contributed by atoms with Gasteiger partial charge in [0, 0.05) is 29.3 Å². The van der Waals surface area contributed by atoms with E-state index in [2.05, 4.69) is 11.8 Å². The molecular formula is C15H19NO2S. The lowest BCUT2D eigenvalue weighted by molar-refractivity contribution is -0.138. The summed E-state index contributed by atoms with van der Waals surface area (Å²) in [5.41, 5.74) is 0.990. The number of piperidine rings is 1. The SMILES string of the molecule is CC1CCCN(Cc2sccc2C#CCCO)C1=O. The number of carbonyl (C=O) groups excluding carboxylic acids is 1. The fourth-order valence-corrected chi connectivity index (χ4v) is 3.10. The Bertz CT molecular complexity index is 498. The number of hydrogen-bond donors (Lipinski definition) is 1. The summed E-state index contributed by atoms with van der Waals surface area (Å²) < 4.78 is 0. The molecule has 0 saturated carbocycles. The monoisotopic (exact) mass is 277 g/mol. The van der Waals surface area contributed by atoms with E-state index in [9.17, 15) is 4.79 Å². The van der Waals surface area contributed by atoms with E-state index in [1.807, 2.05) is 23.3 Å². The number of likely N-dealkylation sites (tertiary alicyclic amines) is 1. The van der Waals surface area contributed by atoms with Gasteiger partial charge in [-0.3, -0.25) is 4.79 Å². The Morgan fingerprint density at radius 3 is 3.21 bits per heavy atom. The molecule has 0 radical (unpaired) electrons. The van der Waals surface area contributed by atoms with Crippen LogP contribution in [0.25, 0.3) is 0 Å². The molecule has 1 aliphatic heterocycles. The lowest BCUT2D eigenvalue weighted by atomic mass is 9.99. The zero-order valence-electron chi connectivity index (χ0n) is 11.2. The summed E-state index contributed by atoms with van der Waals surface area (Å²) in [4.78, 5) is 15.2. The highest BCUT2D eigenvalue weighted by molar-refractivity contribution is 7.10. The van der Waals surface area contributed by atoms with Crippen LogP contribution in [0.3, 0.4) is 0 Å². The molecule has 0 bridgehead atoms. The van der Waals surface area contributed by atoms with Gasteiger partial charge in [0.2, 0.25) is 5.91 Å². The Labute approximate surface area is 118 Å². The fourth-order valence-electron chi connectivity index (χ4n) is 2.25. The van der Waals surface area contributed by atoms with Crippen LogP contribution in [0.1, 0.15) is 36.6 Å². The van der Waals surface area contributed by atoms with Crippen molar-refractivity contribution in [3.8, 4) is 11.8 Å². The van der Waals surface area contributed by atoms with Crippen molar-refractivity contribution in [1.29, 1.82) is 0 Å². The van der Waals surface area contributed by atoms with Crippen molar-refractivity contribution in [2.24, 2.45) is 5.92 Å². The standard InChI is InChI=1S/C15H19NO2S/c1-12-5-4-8-16(15(12)18)11-14-13(7-10-19-14)6-2-3-9-17/h7,10,12,17H,3-5,8-9,11H2,1H3. The number of hydrogen-bond acceptors (Lipinski definition) is 3. The molecule has 1 N–H and O–H groups in total. The van der Waals surface area contributed by atoms with Gasteiger partial charge in [0.1, 0.15) is 0 Å². The number of amides is 1. The molecule has 1 atom stereocenters. The Morgan fingerprint density at radius 1 is 1.58 bits per heavy atom. The van der Waals surface area contributed by atoms with E-state index < -0.39 is 0 Å². The normalized spacial score (nSPS) is 19.2. The van der Waals surface area contributed by atoms with Crippen molar-refractivity contribution in [2.75, 3.05) is 13.2 Å². The minimum atomic E-state index is 0.0919. The van der Waals surface area contributed by atoms with Crippen LogP contribution in [-0.4, -0.2) is 29.1 Å². The Hall–Kier alpha value is -1.31. The smallest absolute Gasteiger partial charge is 0.225 e. The minimum absolute atomic E-state index is 0.0919. The molecule has 19 heavy (non-hydrogen) atoms.